The van der Waals surface area contributed by atoms with Crippen LogP contribution in [0.1, 0.15) is 26.7 Å². The summed E-state index contributed by atoms with van der Waals surface area (Å²) in [5.74, 6) is 3.26. The van der Waals surface area contributed by atoms with Crippen molar-refractivity contribution in [1.29, 1.82) is 0 Å². The molecule has 6 nitrogen and oxygen atoms in total. The molecule has 3 heterocycles. The summed E-state index contributed by atoms with van der Waals surface area (Å²) in [5, 5.41) is 3.51. The molecule has 0 unspecified atom stereocenters. The van der Waals surface area contributed by atoms with Crippen molar-refractivity contribution in [3.8, 4) is 0 Å². The van der Waals surface area contributed by atoms with E-state index in [1.165, 1.54) is 0 Å². The van der Waals surface area contributed by atoms with Crippen LogP contribution >= 0.6 is 35.7 Å². The zero-order chi connectivity index (χ0) is 19.0. The smallest absolute Gasteiger partial charge is 0.194 e. The summed E-state index contributed by atoms with van der Waals surface area (Å²) in [6, 6.07) is 6.11. The van der Waals surface area contributed by atoms with Crippen LogP contribution in [0.5, 0.6) is 0 Å². The number of hydrogen-bond donors (Lipinski definition) is 1. The number of hydrogen-bond acceptors (Lipinski definition) is 5. The standard InChI is InChI=1S/C20H33N5OS.HI/c1-3-21-19(23-17-20(27-4-2)8-15-26-16-9-20)25-13-11-24(12-14-25)18-7-5-6-10-22-18;/h5-7,10H,3-4,8-9,11-17H2,1-2H3,(H,21,23);1H. The van der Waals surface area contributed by atoms with E-state index in [0.717, 1.165) is 82.9 Å². The first-order valence-electron chi connectivity index (χ1n) is 10.2. The molecule has 0 aromatic carbocycles. The Morgan fingerprint density at radius 1 is 1.21 bits per heavy atom. The van der Waals surface area contributed by atoms with E-state index in [2.05, 4.69) is 57.8 Å². The quantitative estimate of drug-likeness (QED) is 0.354. The van der Waals surface area contributed by atoms with Gasteiger partial charge in [0.1, 0.15) is 5.82 Å². The van der Waals surface area contributed by atoms with Crippen molar-refractivity contribution in [3.05, 3.63) is 24.4 Å². The van der Waals surface area contributed by atoms with E-state index >= 15 is 0 Å². The van der Waals surface area contributed by atoms with E-state index in [0.29, 0.717) is 0 Å². The van der Waals surface area contributed by atoms with Crippen molar-refractivity contribution in [2.24, 2.45) is 4.99 Å². The van der Waals surface area contributed by atoms with Crippen molar-refractivity contribution in [3.63, 3.8) is 0 Å². The van der Waals surface area contributed by atoms with Gasteiger partial charge in [-0.15, -0.1) is 24.0 Å². The van der Waals surface area contributed by atoms with Crippen molar-refractivity contribution < 1.29 is 4.74 Å². The number of piperazine rings is 1. The van der Waals surface area contributed by atoms with Crippen LogP contribution in [-0.2, 0) is 4.74 Å². The molecule has 158 valence electrons. The van der Waals surface area contributed by atoms with Gasteiger partial charge in [-0.2, -0.15) is 11.8 Å². The third kappa shape index (κ3) is 6.38. The molecule has 0 bridgehead atoms. The number of guanidine groups is 1. The van der Waals surface area contributed by atoms with E-state index in [9.17, 15) is 0 Å². The Kier molecular flexibility index (Phi) is 10.1. The maximum Gasteiger partial charge on any atom is 0.194 e. The average Bonchev–Trinajstić information content (AvgIpc) is 2.73. The van der Waals surface area contributed by atoms with Crippen LogP contribution in [-0.4, -0.2) is 78.8 Å². The van der Waals surface area contributed by atoms with Crippen LogP contribution in [0.15, 0.2) is 29.4 Å². The van der Waals surface area contributed by atoms with Gasteiger partial charge in [0.05, 0.1) is 6.54 Å². The van der Waals surface area contributed by atoms with Gasteiger partial charge in [0.25, 0.3) is 0 Å². The SMILES string of the molecule is CCNC(=NCC1(SCC)CCOCC1)N1CCN(c2ccccn2)CC1.I. The second-order valence-electron chi connectivity index (χ2n) is 7.06. The predicted octanol–water partition coefficient (Wildman–Crippen LogP) is 3.09. The lowest BCUT2D eigenvalue weighted by atomic mass is 9.99. The van der Waals surface area contributed by atoms with Gasteiger partial charge in [0.15, 0.2) is 5.96 Å². The molecule has 2 fully saturated rings. The molecule has 1 aromatic rings. The number of thioether (sulfide) groups is 1. The largest absolute Gasteiger partial charge is 0.381 e. The zero-order valence-electron chi connectivity index (χ0n) is 17.1. The minimum absolute atomic E-state index is 0. The second kappa shape index (κ2) is 12.1. The average molecular weight is 519 g/mol. The fraction of sp³-hybridized carbons (Fsp3) is 0.700. The molecule has 0 radical (unpaired) electrons. The minimum Gasteiger partial charge on any atom is -0.381 e. The molecule has 0 amide bonds. The fourth-order valence-electron chi connectivity index (χ4n) is 3.73. The number of anilines is 1. The molecule has 0 spiro atoms. The highest BCUT2D eigenvalue weighted by molar-refractivity contribution is 14.0. The van der Waals surface area contributed by atoms with Gasteiger partial charge in [0, 0.05) is 56.9 Å². The van der Waals surface area contributed by atoms with Gasteiger partial charge in [-0.25, -0.2) is 4.98 Å². The molecule has 0 saturated carbocycles. The molecule has 3 rings (SSSR count). The Labute approximate surface area is 190 Å². The van der Waals surface area contributed by atoms with E-state index in [1.54, 1.807) is 0 Å². The Bertz CT molecular complexity index is 584. The summed E-state index contributed by atoms with van der Waals surface area (Å²) in [6.45, 7) is 11.8. The number of nitrogens with zero attached hydrogens (tertiary/aromatic N) is 4. The number of pyridine rings is 1. The lowest BCUT2D eigenvalue weighted by Gasteiger charge is -2.38. The second-order valence-corrected chi connectivity index (χ2v) is 8.79. The minimum atomic E-state index is 0. The van der Waals surface area contributed by atoms with E-state index in [-0.39, 0.29) is 28.7 Å². The van der Waals surface area contributed by atoms with Gasteiger partial charge in [-0.05, 0) is 37.7 Å². The van der Waals surface area contributed by atoms with Gasteiger partial charge in [-0.1, -0.05) is 13.0 Å². The van der Waals surface area contributed by atoms with Crippen molar-refractivity contribution in [2.45, 2.75) is 31.4 Å². The van der Waals surface area contributed by atoms with E-state index in [4.69, 9.17) is 9.73 Å². The number of rotatable bonds is 6. The maximum atomic E-state index is 5.60. The highest BCUT2D eigenvalue weighted by Crippen LogP contribution is 2.35. The summed E-state index contributed by atoms with van der Waals surface area (Å²) in [5.41, 5.74) is 0. The molecule has 28 heavy (non-hydrogen) atoms. The van der Waals surface area contributed by atoms with Crippen LogP contribution in [0.2, 0.25) is 0 Å². The molecule has 1 aromatic heterocycles. The normalized spacial score (nSPS) is 19.9. The molecule has 2 aliphatic heterocycles. The Balaban J connectivity index is 0.00000280. The number of nitrogens with one attached hydrogen (secondary N) is 1. The lowest BCUT2D eigenvalue weighted by molar-refractivity contribution is 0.0792. The maximum absolute atomic E-state index is 5.60. The summed E-state index contributed by atoms with van der Waals surface area (Å²) in [4.78, 5) is 14.3. The fourth-order valence-corrected chi connectivity index (χ4v) is 4.95. The molecule has 2 aliphatic rings. The molecular formula is C20H34IN5OS. The highest BCUT2D eigenvalue weighted by Gasteiger charge is 2.33. The van der Waals surface area contributed by atoms with E-state index < -0.39 is 0 Å². The van der Waals surface area contributed by atoms with Crippen molar-refractivity contribution in [1.82, 2.24) is 15.2 Å². The Morgan fingerprint density at radius 2 is 1.96 bits per heavy atom. The third-order valence-electron chi connectivity index (χ3n) is 5.26. The molecule has 0 atom stereocenters. The van der Waals surface area contributed by atoms with Crippen LogP contribution in [0, 0.1) is 0 Å². The van der Waals surface area contributed by atoms with Crippen LogP contribution in [0.3, 0.4) is 0 Å². The van der Waals surface area contributed by atoms with Crippen molar-refractivity contribution >= 4 is 47.5 Å². The third-order valence-corrected chi connectivity index (χ3v) is 6.70. The Hall–Kier alpha value is -0.740. The summed E-state index contributed by atoms with van der Waals surface area (Å²) in [6.07, 6.45) is 4.07. The molecular weight excluding hydrogens is 485 g/mol. The van der Waals surface area contributed by atoms with Crippen LogP contribution in [0.4, 0.5) is 5.82 Å². The van der Waals surface area contributed by atoms with Gasteiger partial charge in [0.2, 0.25) is 0 Å². The van der Waals surface area contributed by atoms with Crippen molar-refractivity contribution in [2.75, 3.05) is 63.1 Å². The first kappa shape index (κ1) is 23.5. The zero-order valence-corrected chi connectivity index (χ0v) is 20.2. The number of aliphatic imine (C=N–C) groups is 1. The number of halogens is 1. The summed E-state index contributed by atoms with van der Waals surface area (Å²) >= 11 is 2.05. The highest BCUT2D eigenvalue weighted by atomic mass is 127. The van der Waals surface area contributed by atoms with Crippen LogP contribution in [0.25, 0.3) is 0 Å². The van der Waals surface area contributed by atoms with Gasteiger partial charge >= 0.3 is 0 Å². The number of ether oxygens (including phenoxy) is 1. The first-order chi connectivity index (χ1) is 13.3. The Morgan fingerprint density at radius 3 is 2.57 bits per heavy atom. The van der Waals surface area contributed by atoms with Gasteiger partial charge < -0.3 is 19.9 Å². The summed E-state index contributed by atoms with van der Waals surface area (Å²) in [7, 11) is 0. The monoisotopic (exact) mass is 519 g/mol. The molecule has 1 N–H and O–H groups in total. The molecule has 2 saturated heterocycles. The first-order valence-corrected chi connectivity index (χ1v) is 11.2. The molecule has 0 aliphatic carbocycles. The summed E-state index contributed by atoms with van der Waals surface area (Å²) < 4.78 is 5.84. The van der Waals surface area contributed by atoms with Crippen LogP contribution < -0.4 is 10.2 Å². The number of aromatic nitrogens is 1. The molecule has 8 heteroatoms. The van der Waals surface area contributed by atoms with Gasteiger partial charge in [-0.3, -0.25) is 4.99 Å². The topological polar surface area (TPSA) is 53.0 Å². The van der Waals surface area contributed by atoms with E-state index in [1.807, 2.05) is 12.3 Å². The predicted molar refractivity (Wildman–Crippen MR) is 130 cm³/mol. The lowest BCUT2D eigenvalue weighted by Crippen LogP contribution is -2.53.